The number of carbonyl (C=O) groups excluding carboxylic acids is 2. The summed E-state index contributed by atoms with van der Waals surface area (Å²) < 4.78 is 0. The first-order valence-electron chi connectivity index (χ1n) is 9.28. The van der Waals surface area contributed by atoms with Gasteiger partial charge in [-0.05, 0) is 62.8 Å². The van der Waals surface area contributed by atoms with Gasteiger partial charge in [-0.15, -0.1) is 12.4 Å². The van der Waals surface area contributed by atoms with Crippen LogP contribution in [0.1, 0.15) is 60.0 Å². The van der Waals surface area contributed by atoms with Crippen LogP contribution in [-0.4, -0.2) is 42.8 Å². The van der Waals surface area contributed by atoms with E-state index in [1.807, 2.05) is 18.0 Å². The van der Waals surface area contributed by atoms with Crippen molar-refractivity contribution >= 4 is 24.1 Å². The number of hydrogen-bond acceptors (Lipinski definition) is 3. The number of amides is 1. The van der Waals surface area contributed by atoms with E-state index in [-0.39, 0.29) is 24.1 Å². The van der Waals surface area contributed by atoms with E-state index in [0.717, 1.165) is 44.3 Å². The molecule has 1 aliphatic carbocycles. The molecular weight excluding hydrogens is 336 g/mol. The van der Waals surface area contributed by atoms with Crippen LogP contribution in [0.4, 0.5) is 0 Å². The summed E-state index contributed by atoms with van der Waals surface area (Å²) in [5.74, 6) is 0.222. The third-order valence-corrected chi connectivity index (χ3v) is 5.37. The molecule has 0 bridgehead atoms. The van der Waals surface area contributed by atoms with Gasteiger partial charge in [-0.3, -0.25) is 9.59 Å². The predicted octanol–water partition coefficient (Wildman–Crippen LogP) is 3.16. The van der Waals surface area contributed by atoms with Gasteiger partial charge in [0.2, 0.25) is 5.91 Å². The van der Waals surface area contributed by atoms with Crippen molar-refractivity contribution in [3.63, 3.8) is 0 Å². The molecule has 2 aliphatic rings. The number of ketones is 1. The average Bonchev–Trinajstić information content (AvgIpc) is 3.07. The van der Waals surface area contributed by atoms with E-state index in [1.165, 1.54) is 24.0 Å². The molecule has 5 heteroatoms. The predicted molar refractivity (Wildman–Crippen MR) is 103 cm³/mol. The standard InChI is InChI=1S/C20H28N2O2.ClH/c1-21-14-18-7-4-12-22(18)20(24)11-10-19(23)17-9-8-15-5-2-3-6-16(15)13-17;/h8-9,13,18,21H,2-7,10-12,14H2,1H3;1H. The maximum absolute atomic E-state index is 12.5. The summed E-state index contributed by atoms with van der Waals surface area (Å²) in [5, 5.41) is 3.15. The lowest BCUT2D eigenvalue weighted by molar-refractivity contribution is -0.131. The first-order chi connectivity index (χ1) is 11.7. The van der Waals surface area contributed by atoms with E-state index in [1.54, 1.807) is 0 Å². The zero-order valence-corrected chi connectivity index (χ0v) is 15.9. The minimum absolute atomic E-state index is 0. The number of nitrogens with one attached hydrogen (secondary N) is 1. The minimum atomic E-state index is 0. The largest absolute Gasteiger partial charge is 0.338 e. The van der Waals surface area contributed by atoms with E-state index in [2.05, 4.69) is 17.4 Å². The van der Waals surface area contributed by atoms with Crippen molar-refractivity contribution < 1.29 is 9.59 Å². The number of nitrogens with zero attached hydrogens (tertiary/aromatic N) is 1. The Labute approximate surface area is 156 Å². The van der Waals surface area contributed by atoms with Gasteiger partial charge < -0.3 is 10.2 Å². The smallest absolute Gasteiger partial charge is 0.223 e. The van der Waals surface area contributed by atoms with E-state index in [0.29, 0.717) is 18.9 Å². The van der Waals surface area contributed by atoms with Gasteiger partial charge in [0.1, 0.15) is 0 Å². The highest BCUT2D eigenvalue weighted by Crippen LogP contribution is 2.23. The van der Waals surface area contributed by atoms with E-state index >= 15 is 0 Å². The number of halogens is 1. The second-order valence-electron chi connectivity index (χ2n) is 7.05. The summed E-state index contributed by atoms with van der Waals surface area (Å²) in [6, 6.07) is 6.39. The summed E-state index contributed by atoms with van der Waals surface area (Å²) in [6.07, 6.45) is 7.45. The molecule has 1 amide bonds. The lowest BCUT2D eigenvalue weighted by Crippen LogP contribution is -2.40. The fourth-order valence-corrected chi connectivity index (χ4v) is 4.03. The Morgan fingerprint density at radius 2 is 1.88 bits per heavy atom. The van der Waals surface area contributed by atoms with Crippen LogP contribution in [0.15, 0.2) is 18.2 Å². The minimum Gasteiger partial charge on any atom is -0.338 e. The molecule has 0 spiro atoms. The fraction of sp³-hybridized carbons (Fsp3) is 0.600. The maximum Gasteiger partial charge on any atom is 0.223 e. The highest BCUT2D eigenvalue weighted by molar-refractivity contribution is 5.98. The third-order valence-electron chi connectivity index (χ3n) is 5.37. The summed E-state index contributed by atoms with van der Waals surface area (Å²) in [5.41, 5.74) is 3.49. The van der Waals surface area contributed by atoms with Crippen LogP contribution in [0.2, 0.25) is 0 Å². The van der Waals surface area contributed by atoms with Crippen LogP contribution in [0.3, 0.4) is 0 Å². The highest BCUT2D eigenvalue weighted by Gasteiger charge is 2.28. The number of likely N-dealkylation sites (N-methyl/N-ethyl adjacent to an activating group) is 1. The van der Waals surface area contributed by atoms with Crippen molar-refractivity contribution in [2.75, 3.05) is 20.1 Å². The van der Waals surface area contributed by atoms with E-state index in [4.69, 9.17) is 0 Å². The Morgan fingerprint density at radius 3 is 2.64 bits per heavy atom. The molecule has 1 aliphatic heterocycles. The number of Topliss-reactive ketones (excluding diaryl/α,β-unsaturated/α-hetero) is 1. The van der Waals surface area contributed by atoms with Crippen LogP contribution < -0.4 is 5.32 Å². The molecule has 1 aromatic rings. The number of likely N-dealkylation sites (tertiary alicyclic amines) is 1. The first kappa shape index (κ1) is 19.9. The quantitative estimate of drug-likeness (QED) is 0.789. The number of aryl methyl sites for hydroxylation is 2. The molecule has 1 atom stereocenters. The van der Waals surface area contributed by atoms with Gasteiger partial charge in [-0.2, -0.15) is 0 Å². The molecule has 0 aromatic heterocycles. The van der Waals surface area contributed by atoms with Gasteiger partial charge >= 0.3 is 0 Å². The van der Waals surface area contributed by atoms with Crippen molar-refractivity contribution in [2.24, 2.45) is 0 Å². The van der Waals surface area contributed by atoms with Crippen LogP contribution in [0.5, 0.6) is 0 Å². The lowest BCUT2D eigenvalue weighted by atomic mass is 9.89. The monoisotopic (exact) mass is 364 g/mol. The van der Waals surface area contributed by atoms with Crippen molar-refractivity contribution in [1.82, 2.24) is 10.2 Å². The molecule has 1 N–H and O–H groups in total. The Kier molecular flexibility index (Phi) is 7.45. The van der Waals surface area contributed by atoms with Gasteiger partial charge in [0.15, 0.2) is 5.78 Å². The van der Waals surface area contributed by atoms with E-state index < -0.39 is 0 Å². The molecule has 0 radical (unpaired) electrons. The number of hydrogen-bond donors (Lipinski definition) is 1. The molecule has 3 rings (SSSR count). The Bertz CT molecular complexity index is 618. The van der Waals surface area contributed by atoms with Gasteiger partial charge in [-0.25, -0.2) is 0 Å². The Balaban J connectivity index is 0.00000225. The second-order valence-corrected chi connectivity index (χ2v) is 7.05. The zero-order chi connectivity index (χ0) is 16.9. The normalized spacial score (nSPS) is 19.2. The summed E-state index contributed by atoms with van der Waals surface area (Å²) in [4.78, 5) is 26.9. The molecule has 138 valence electrons. The Hall–Kier alpha value is -1.39. The van der Waals surface area contributed by atoms with Crippen molar-refractivity contribution in [1.29, 1.82) is 0 Å². The molecule has 1 fully saturated rings. The van der Waals surface area contributed by atoms with Crippen molar-refractivity contribution in [3.05, 3.63) is 34.9 Å². The van der Waals surface area contributed by atoms with Gasteiger partial charge in [0.05, 0.1) is 0 Å². The third kappa shape index (κ3) is 4.83. The van der Waals surface area contributed by atoms with E-state index in [9.17, 15) is 9.59 Å². The average molecular weight is 365 g/mol. The highest BCUT2D eigenvalue weighted by atomic mass is 35.5. The lowest BCUT2D eigenvalue weighted by Gasteiger charge is -2.24. The molecule has 1 heterocycles. The van der Waals surface area contributed by atoms with Crippen LogP contribution in [0.25, 0.3) is 0 Å². The van der Waals surface area contributed by atoms with Crippen molar-refractivity contribution in [2.45, 2.75) is 57.4 Å². The van der Waals surface area contributed by atoms with Crippen molar-refractivity contribution in [3.8, 4) is 0 Å². The molecular formula is C20H29ClN2O2. The molecule has 1 aromatic carbocycles. The number of benzene rings is 1. The number of rotatable bonds is 6. The number of carbonyl (C=O) groups is 2. The molecule has 1 saturated heterocycles. The summed E-state index contributed by atoms with van der Waals surface area (Å²) in [7, 11) is 1.92. The molecule has 25 heavy (non-hydrogen) atoms. The van der Waals surface area contributed by atoms with Crippen LogP contribution in [0, 0.1) is 0 Å². The fourth-order valence-electron chi connectivity index (χ4n) is 4.03. The van der Waals surface area contributed by atoms with Gasteiger partial charge in [0, 0.05) is 37.5 Å². The number of fused-ring (bicyclic) bond motifs is 1. The topological polar surface area (TPSA) is 49.4 Å². The Morgan fingerprint density at radius 1 is 1.12 bits per heavy atom. The second kappa shape index (κ2) is 9.35. The molecule has 4 nitrogen and oxygen atoms in total. The summed E-state index contributed by atoms with van der Waals surface area (Å²) in [6.45, 7) is 1.67. The summed E-state index contributed by atoms with van der Waals surface area (Å²) >= 11 is 0. The molecule has 0 saturated carbocycles. The van der Waals surface area contributed by atoms with Crippen LogP contribution >= 0.6 is 12.4 Å². The zero-order valence-electron chi connectivity index (χ0n) is 15.1. The molecule has 1 unspecified atom stereocenters. The van der Waals surface area contributed by atoms with Crippen LogP contribution in [-0.2, 0) is 17.6 Å². The SMILES string of the molecule is CNCC1CCCN1C(=O)CCC(=O)c1ccc2c(c1)CCCC2.Cl. The van der Waals surface area contributed by atoms with Gasteiger partial charge in [0.25, 0.3) is 0 Å². The first-order valence-corrected chi connectivity index (χ1v) is 9.28. The van der Waals surface area contributed by atoms with Gasteiger partial charge in [-0.1, -0.05) is 12.1 Å². The maximum atomic E-state index is 12.5.